The molecule has 2 aromatic rings. The Morgan fingerprint density at radius 3 is 2.65 bits per heavy atom. The van der Waals surface area contributed by atoms with Crippen LogP contribution in [0.15, 0.2) is 36.4 Å². The summed E-state index contributed by atoms with van der Waals surface area (Å²) in [5.41, 5.74) is 18.3. The standard InChI is InChI=1S/C16H17N3O/c1-10-3-2-4-14(19-10)16(18)15(17)11-5-6-12-8-20-9-13(12)7-11/h2-7H,8-9,17-18H2,1H3/b16-15-. The van der Waals surface area contributed by atoms with E-state index >= 15 is 0 Å². The maximum absolute atomic E-state index is 6.19. The molecule has 20 heavy (non-hydrogen) atoms. The van der Waals surface area contributed by atoms with Crippen molar-refractivity contribution in [1.29, 1.82) is 0 Å². The second-order valence-electron chi connectivity index (χ2n) is 4.97. The van der Waals surface area contributed by atoms with Crippen molar-refractivity contribution in [3.63, 3.8) is 0 Å². The summed E-state index contributed by atoms with van der Waals surface area (Å²) in [5.74, 6) is 0. The fourth-order valence-electron chi connectivity index (χ4n) is 2.33. The highest BCUT2D eigenvalue weighted by Gasteiger charge is 2.13. The largest absolute Gasteiger partial charge is 0.397 e. The highest BCUT2D eigenvalue weighted by molar-refractivity contribution is 5.86. The molecule has 0 amide bonds. The lowest BCUT2D eigenvalue weighted by atomic mass is 10.0. The summed E-state index contributed by atoms with van der Waals surface area (Å²) in [7, 11) is 0. The number of nitrogens with zero attached hydrogens (tertiary/aromatic N) is 1. The van der Waals surface area contributed by atoms with Gasteiger partial charge in [0.05, 0.1) is 30.3 Å². The van der Waals surface area contributed by atoms with Gasteiger partial charge in [0.15, 0.2) is 0 Å². The van der Waals surface area contributed by atoms with Crippen LogP contribution in [0.2, 0.25) is 0 Å². The minimum absolute atomic E-state index is 0.507. The van der Waals surface area contributed by atoms with E-state index in [-0.39, 0.29) is 0 Å². The van der Waals surface area contributed by atoms with Crippen molar-refractivity contribution in [3.8, 4) is 0 Å². The molecule has 1 aliphatic rings. The molecule has 0 saturated heterocycles. The van der Waals surface area contributed by atoms with Crippen molar-refractivity contribution in [2.45, 2.75) is 20.1 Å². The first kappa shape index (κ1) is 12.7. The average molecular weight is 267 g/mol. The van der Waals surface area contributed by atoms with Crippen molar-refractivity contribution in [2.75, 3.05) is 0 Å². The molecule has 0 unspecified atom stereocenters. The van der Waals surface area contributed by atoms with Gasteiger partial charge in [0.1, 0.15) is 0 Å². The zero-order valence-electron chi connectivity index (χ0n) is 11.4. The minimum Gasteiger partial charge on any atom is -0.397 e. The molecule has 102 valence electrons. The van der Waals surface area contributed by atoms with E-state index in [1.54, 1.807) is 0 Å². The molecule has 1 aromatic carbocycles. The number of benzene rings is 1. The summed E-state index contributed by atoms with van der Waals surface area (Å²) in [6, 6.07) is 11.8. The van der Waals surface area contributed by atoms with Gasteiger partial charge in [-0.15, -0.1) is 0 Å². The summed E-state index contributed by atoms with van der Waals surface area (Å²) in [4.78, 5) is 4.40. The van der Waals surface area contributed by atoms with E-state index in [2.05, 4.69) is 4.98 Å². The first-order valence-electron chi connectivity index (χ1n) is 6.54. The summed E-state index contributed by atoms with van der Waals surface area (Å²) in [6.45, 7) is 3.24. The van der Waals surface area contributed by atoms with E-state index in [0.29, 0.717) is 30.3 Å². The quantitative estimate of drug-likeness (QED) is 0.874. The first-order chi connectivity index (χ1) is 9.65. The topological polar surface area (TPSA) is 74.2 Å². The van der Waals surface area contributed by atoms with Crippen molar-refractivity contribution in [1.82, 2.24) is 4.98 Å². The SMILES string of the molecule is Cc1cccc(/C(N)=C(/N)c2ccc3c(c2)COC3)n1. The maximum atomic E-state index is 6.19. The van der Waals surface area contributed by atoms with E-state index in [4.69, 9.17) is 16.2 Å². The van der Waals surface area contributed by atoms with Crippen LogP contribution in [0.5, 0.6) is 0 Å². The second kappa shape index (κ2) is 4.98. The Morgan fingerprint density at radius 1 is 1.05 bits per heavy atom. The van der Waals surface area contributed by atoms with Gasteiger partial charge in [-0.2, -0.15) is 0 Å². The fourth-order valence-corrected chi connectivity index (χ4v) is 2.33. The molecule has 4 heteroatoms. The molecule has 3 rings (SSSR count). The number of aromatic nitrogens is 1. The third kappa shape index (κ3) is 2.26. The lowest BCUT2D eigenvalue weighted by Crippen LogP contribution is -2.09. The molecule has 4 nitrogen and oxygen atoms in total. The number of hydrogen-bond donors (Lipinski definition) is 2. The summed E-state index contributed by atoms with van der Waals surface area (Å²) < 4.78 is 5.41. The van der Waals surface area contributed by atoms with Crippen molar-refractivity contribution < 1.29 is 4.74 Å². The Kier molecular flexibility index (Phi) is 3.16. The van der Waals surface area contributed by atoms with Gasteiger partial charge in [0, 0.05) is 5.69 Å². The van der Waals surface area contributed by atoms with Crippen molar-refractivity contribution >= 4 is 11.4 Å². The molecule has 0 atom stereocenters. The van der Waals surface area contributed by atoms with Crippen LogP contribution in [-0.2, 0) is 18.0 Å². The summed E-state index contributed by atoms with van der Waals surface area (Å²) in [6.07, 6.45) is 0. The Hall–Kier alpha value is -2.33. The first-order valence-corrected chi connectivity index (χ1v) is 6.54. The van der Waals surface area contributed by atoms with Gasteiger partial charge in [-0.25, -0.2) is 0 Å². The second-order valence-corrected chi connectivity index (χ2v) is 4.97. The zero-order chi connectivity index (χ0) is 14.1. The highest BCUT2D eigenvalue weighted by atomic mass is 16.5. The van der Waals surface area contributed by atoms with Gasteiger partial charge in [-0.05, 0) is 41.8 Å². The molecule has 0 aliphatic carbocycles. The van der Waals surface area contributed by atoms with Gasteiger partial charge in [-0.3, -0.25) is 4.98 Å². The number of ether oxygens (including phenoxy) is 1. The van der Waals surface area contributed by atoms with E-state index < -0.39 is 0 Å². The van der Waals surface area contributed by atoms with E-state index in [0.717, 1.165) is 11.3 Å². The van der Waals surface area contributed by atoms with Crippen LogP contribution in [-0.4, -0.2) is 4.98 Å². The number of fused-ring (bicyclic) bond motifs is 1. The van der Waals surface area contributed by atoms with Crippen LogP contribution in [0, 0.1) is 6.92 Å². The Balaban J connectivity index is 2.02. The maximum Gasteiger partial charge on any atom is 0.0883 e. The van der Waals surface area contributed by atoms with E-state index in [9.17, 15) is 0 Å². The Morgan fingerprint density at radius 2 is 1.85 bits per heavy atom. The third-order valence-corrected chi connectivity index (χ3v) is 3.49. The minimum atomic E-state index is 0.507. The lowest BCUT2D eigenvalue weighted by molar-refractivity contribution is 0.134. The molecule has 1 aromatic heterocycles. The Bertz CT molecular complexity index is 692. The number of hydrogen-bond acceptors (Lipinski definition) is 4. The molecular weight excluding hydrogens is 250 g/mol. The van der Waals surface area contributed by atoms with Crippen LogP contribution < -0.4 is 11.5 Å². The molecular formula is C16H17N3O. The molecule has 4 N–H and O–H groups in total. The van der Waals surface area contributed by atoms with E-state index in [1.165, 1.54) is 11.1 Å². The average Bonchev–Trinajstić information content (AvgIpc) is 2.93. The number of rotatable bonds is 2. The molecule has 0 radical (unpaired) electrons. The number of nitrogens with two attached hydrogens (primary N) is 2. The van der Waals surface area contributed by atoms with Gasteiger partial charge in [0.25, 0.3) is 0 Å². The molecule has 0 saturated carbocycles. The predicted molar refractivity (Wildman–Crippen MR) is 79.1 cm³/mol. The van der Waals surface area contributed by atoms with Crippen molar-refractivity contribution in [3.05, 3.63) is 64.5 Å². The third-order valence-electron chi connectivity index (χ3n) is 3.49. The number of aryl methyl sites for hydroxylation is 1. The van der Waals surface area contributed by atoms with Gasteiger partial charge >= 0.3 is 0 Å². The van der Waals surface area contributed by atoms with Gasteiger partial charge < -0.3 is 16.2 Å². The Labute approximate surface area is 118 Å². The highest BCUT2D eigenvalue weighted by Crippen LogP contribution is 2.25. The summed E-state index contributed by atoms with van der Waals surface area (Å²) >= 11 is 0. The van der Waals surface area contributed by atoms with Gasteiger partial charge in [-0.1, -0.05) is 18.2 Å². The monoisotopic (exact) mass is 267 g/mol. The smallest absolute Gasteiger partial charge is 0.0883 e. The summed E-state index contributed by atoms with van der Waals surface area (Å²) in [5, 5.41) is 0. The molecule has 0 fully saturated rings. The predicted octanol–water partition coefficient (Wildman–Crippen LogP) is 2.16. The molecule has 1 aliphatic heterocycles. The van der Waals surface area contributed by atoms with Crippen LogP contribution in [0.3, 0.4) is 0 Å². The number of pyridine rings is 1. The van der Waals surface area contributed by atoms with Crippen molar-refractivity contribution in [2.24, 2.45) is 11.5 Å². The normalized spacial score (nSPS) is 14.8. The molecule has 0 spiro atoms. The van der Waals surface area contributed by atoms with Gasteiger partial charge in [0.2, 0.25) is 0 Å². The van der Waals surface area contributed by atoms with E-state index in [1.807, 2.05) is 43.3 Å². The molecule has 2 heterocycles. The zero-order valence-corrected chi connectivity index (χ0v) is 11.4. The lowest BCUT2D eigenvalue weighted by Gasteiger charge is -2.09. The van der Waals surface area contributed by atoms with Crippen LogP contribution in [0.25, 0.3) is 11.4 Å². The van der Waals surface area contributed by atoms with Crippen LogP contribution in [0.4, 0.5) is 0 Å². The fraction of sp³-hybridized carbons (Fsp3) is 0.188. The van der Waals surface area contributed by atoms with Crippen LogP contribution >= 0.6 is 0 Å². The van der Waals surface area contributed by atoms with Crippen LogP contribution in [0.1, 0.15) is 28.1 Å². The molecule has 0 bridgehead atoms.